The molecule has 0 N–H and O–H groups in total. The van der Waals surface area contributed by atoms with Gasteiger partial charge in [0.15, 0.2) is 0 Å². The highest BCUT2D eigenvalue weighted by Crippen LogP contribution is 2.45. The van der Waals surface area contributed by atoms with Gasteiger partial charge in [0.25, 0.3) is 0 Å². The predicted octanol–water partition coefficient (Wildman–Crippen LogP) is 9.10. The quantitative estimate of drug-likeness (QED) is 0.134. The third kappa shape index (κ3) is 8.92. The molecule has 4 atom stereocenters. The van der Waals surface area contributed by atoms with E-state index in [-0.39, 0.29) is 51.9 Å². The Kier molecular flexibility index (Phi) is 9.91. The maximum atomic E-state index is 14.4. The van der Waals surface area contributed by atoms with Crippen LogP contribution in [-0.2, 0) is 9.53 Å². The van der Waals surface area contributed by atoms with Gasteiger partial charge in [-0.05, 0) is 60.4 Å². The first-order valence-electron chi connectivity index (χ1n) is 15.0. The zero-order valence-corrected chi connectivity index (χ0v) is 27.1. The molecule has 0 saturated heterocycles. The van der Waals surface area contributed by atoms with Crippen LogP contribution in [0.1, 0.15) is 60.8 Å². The van der Waals surface area contributed by atoms with Gasteiger partial charge in [-0.25, -0.2) is 4.79 Å². The van der Waals surface area contributed by atoms with Gasteiger partial charge in [0.05, 0.1) is 18.6 Å². The molecule has 1 aliphatic rings. The van der Waals surface area contributed by atoms with Crippen molar-refractivity contribution in [1.82, 2.24) is 0 Å². The lowest BCUT2D eigenvalue weighted by molar-refractivity contribution is -0.274. The molecular formula is C34H38F6O7. The van der Waals surface area contributed by atoms with Crippen molar-refractivity contribution >= 4 is 16.9 Å². The summed E-state index contributed by atoms with van der Waals surface area (Å²) in [4.78, 5) is 26.2. The second kappa shape index (κ2) is 13.0. The summed E-state index contributed by atoms with van der Waals surface area (Å²) < 4.78 is 108. The van der Waals surface area contributed by atoms with E-state index in [2.05, 4.69) is 4.74 Å². The molecule has 0 spiro atoms. The highest BCUT2D eigenvalue weighted by atomic mass is 19.4. The zero-order valence-electron chi connectivity index (χ0n) is 27.1. The SMILES string of the molecule is COc1ccc(-c2cc3ccc(OC4CCC(OC(=O)C(CC(C)(C)C)C(C)(C)C)C4C(F)(F)F)cc3oc2=O)c(OC(F)(F)F)c1. The zero-order chi connectivity index (χ0) is 35.1. The molecule has 0 aliphatic heterocycles. The van der Waals surface area contributed by atoms with Gasteiger partial charge in [-0.3, -0.25) is 4.79 Å². The lowest BCUT2D eigenvalue weighted by Gasteiger charge is -2.35. The number of hydrogen-bond donors (Lipinski definition) is 0. The van der Waals surface area contributed by atoms with E-state index < -0.39 is 59.3 Å². The molecule has 1 fully saturated rings. The molecule has 13 heteroatoms. The highest BCUT2D eigenvalue weighted by molar-refractivity contribution is 5.84. The van der Waals surface area contributed by atoms with Crippen LogP contribution in [0.15, 0.2) is 51.7 Å². The fourth-order valence-corrected chi connectivity index (χ4v) is 5.79. The van der Waals surface area contributed by atoms with E-state index in [0.717, 1.165) is 6.07 Å². The van der Waals surface area contributed by atoms with Crippen LogP contribution >= 0.6 is 0 Å². The van der Waals surface area contributed by atoms with Crippen molar-refractivity contribution in [3.05, 3.63) is 52.9 Å². The maximum Gasteiger partial charge on any atom is 0.573 e. The molecule has 47 heavy (non-hydrogen) atoms. The number of carbonyl (C=O) groups excluding carboxylic acids is 1. The summed E-state index contributed by atoms with van der Waals surface area (Å²) in [5.74, 6) is -4.08. The van der Waals surface area contributed by atoms with Crippen LogP contribution in [-0.4, -0.2) is 37.8 Å². The molecule has 258 valence electrons. The van der Waals surface area contributed by atoms with Gasteiger partial charge in [0, 0.05) is 23.1 Å². The van der Waals surface area contributed by atoms with E-state index in [9.17, 15) is 35.9 Å². The first-order chi connectivity index (χ1) is 21.6. The van der Waals surface area contributed by atoms with Gasteiger partial charge < -0.3 is 23.4 Å². The number of halogens is 6. The molecule has 4 unspecified atom stereocenters. The maximum absolute atomic E-state index is 14.4. The number of fused-ring (bicyclic) bond motifs is 1. The van der Waals surface area contributed by atoms with Crippen molar-refractivity contribution in [3.8, 4) is 28.4 Å². The lowest BCUT2D eigenvalue weighted by atomic mass is 9.72. The predicted molar refractivity (Wildman–Crippen MR) is 161 cm³/mol. The van der Waals surface area contributed by atoms with Gasteiger partial charge in [-0.1, -0.05) is 41.5 Å². The summed E-state index contributed by atoms with van der Waals surface area (Å²) in [5, 5.41) is 0.262. The smallest absolute Gasteiger partial charge is 0.497 e. The first-order valence-corrected chi connectivity index (χ1v) is 15.0. The van der Waals surface area contributed by atoms with Crippen LogP contribution in [0.25, 0.3) is 22.1 Å². The Balaban J connectivity index is 1.60. The molecule has 1 heterocycles. The number of ether oxygens (including phenoxy) is 4. The molecule has 2 aromatic carbocycles. The third-order valence-electron chi connectivity index (χ3n) is 8.03. The van der Waals surface area contributed by atoms with Crippen molar-refractivity contribution in [2.24, 2.45) is 22.7 Å². The van der Waals surface area contributed by atoms with Gasteiger partial charge in [0.2, 0.25) is 0 Å². The number of benzene rings is 2. The Labute approximate surface area is 268 Å². The average Bonchev–Trinajstić information content (AvgIpc) is 3.31. The minimum absolute atomic E-state index is 0.0366. The number of rotatable bonds is 8. The Hall–Kier alpha value is -3.90. The molecule has 4 rings (SSSR count). The minimum atomic E-state index is -5.06. The minimum Gasteiger partial charge on any atom is -0.497 e. The fourth-order valence-electron chi connectivity index (χ4n) is 5.79. The summed E-state index contributed by atoms with van der Waals surface area (Å²) in [6.07, 6.45) is -12.3. The lowest BCUT2D eigenvalue weighted by Crippen LogP contribution is -2.43. The van der Waals surface area contributed by atoms with Crippen molar-refractivity contribution < 1.29 is 54.5 Å². The number of esters is 1. The Morgan fingerprint density at radius 3 is 2.09 bits per heavy atom. The van der Waals surface area contributed by atoms with Gasteiger partial charge in [-0.2, -0.15) is 13.2 Å². The molecule has 3 aromatic rings. The molecule has 7 nitrogen and oxygen atoms in total. The molecule has 0 radical (unpaired) electrons. The summed E-state index contributed by atoms with van der Waals surface area (Å²) >= 11 is 0. The number of alkyl halides is 6. The number of carbonyl (C=O) groups is 1. The van der Waals surface area contributed by atoms with E-state index in [1.807, 2.05) is 41.5 Å². The summed E-state index contributed by atoms with van der Waals surface area (Å²) in [6.45, 7) is 11.4. The standard InChI is InChI=1S/C34H38F6O7/c1-31(2,3)17-23(32(4,5)6)30(42)45-25-13-12-24(28(25)33(35,36)37)44-20-9-8-18-14-22(29(41)46-26(18)16-20)21-11-10-19(43-7)15-27(21)47-34(38,39)40/h8-11,14-16,23-25,28H,12-13,17H2,1-7H3. The van der Waals surface area contributed by atoms with Gasteiger partial charge >= 0.3 is 24.1 Å². The molecule has 1 aliphatic carbocycles. The fraction of sp³-hybridized carbons (Fsp3) is 0.529. The van der Waals surface area contributed by atoms with Crippen LogP contribution in [0.4, 0.5) is 26.3 Å². The van der Waals surface area contributed by atoms with Crippen molar-refractivity contribution in [3.63, 3.8) is 0 Å². The number of hydrogen-bond acceptors (Lipinski definition) is 7. The van der Waals surface area contributed by atoms with E-state index in [0.29, 0.717) is 6.42 Å². The van der Waals surface area contributed by atoms with Crippen LogP contribution in [0, 0.1) is 22.7 Å². The number of methoxy groups -OCH3 is 1. The monoisotopic (exact) mass is 672 g/mol. The van der Waals surface area contributed by atoms with E-state index in [1.54, 1.807) is 0 Å². The topological polar surface area (TPSA) is 84.2 Å². The van der Waals surface area contributed by atoms with Crippen LogP contribution in [0.5, 0.6) is 17.2 Å². The van der Waals surface area contributed by atoms with Crippen molar-refractivity contribution in [2.75, 3.05) is 7.11 Å². The Bertz CT molecular complexity index is 1650. The summed E-state index contributed by atoms with van der Waals surface area (Å²) in [5.41, 5.74) is -2.34. The van der Waals surface area contributed by atoms with Crippen molar-refractivity contribution in [2.45, 2.75) is 85.6 Å². The normalized spacial score (nSPS) is 19.8. The molecular weight excluding hydrogens is 634 g/mol. The summed E-state index contributed by atoms with van der Waals surface area (Å²) in [6, 6.07) is 8.80. The van der Waals surface area contributed by atoms with E-state index >= 15 is 0 Å². The largest absolute Gasteiger partial charge is 0.573 e. The van der Waals surface area contributed by atoms with Gasteiger partial charge in [-0.15, -0.1) is 13.2 Å². The third-order valence-corrected chi connectivity index (χ3v) is 8.03. The van der Waals surface area contributed by atoms with Gasteiger partial charge in [0.1, 0.15) is 41.0 Å². The van der Waals surface area contributed by atoms with E-state index in [4.69, 9.17) is 18.6 Å². The second-order valence-electron chi connectivity index (χ2n) is 14.0. The highest BCUT2D eigenvalue weighted by Gasteiger charge is 2.56. The van der Waals surface area contributed by atoms with Crippen molar-refractivity contribution in [1.29, 1.82) is 0 Å². The molecule has 1 saturated carbocycles. The Morgan fingerprint density at radius 2 is 1.51 bits per heavy atom. The van der Waals surface area contributed by atoms with E-state index in [1.165, 1.54) is 43.5 Å². The Morgan fingerprint density at radius 1 is 0.872 bits per heavy atom. The average molecular weight is 673 g/mol. The molecule has 0 bridgehead atoms. The van der Waals surface area contributed by atoms with Crippen LogP contribution in [0.2, 0.25) is 0 Å². The summed E-state index contributed by atoms with van der Waals surface area (Å²) in [7, 11) is 1.25. The molecule has 1 aromatic heterocycles. The second-order valence-corrected chi connectivity index (χ2v) is 14.0. The molecule has 0 amide bonds. The first kappa shape index (κ1) is 35.9. The van der Waals surface area contributed by atoms with Crippen LogP contribution in [0.3, 0.4) is 0 Å². The van der Waals surface area contributed by atoms with Crippen LogP contribution < -0.4 is 19.8 Å².